The van der Waals surface area contributed by atoms with Crippen molar-refractivity contribution in [3.63, 3.8) is 0 Å². The van der Waals surface area contributed by atoms with E-state index in [0.29, 0.717) is 11.9 Å². The Morgan fingerprint density at radius 2 is 2.10 bits per heavy atom. The van der Waals surface area contributed by atoms with Gasteiger partial charge in [0.2, 0.25) is 5.88 Å². The summed E-state index contributed by atoms with van der Waals surface area (Å²) in [5, 5.41) is 3.48. The lowest BCUT2D eigenvalue weighted by atomic mass is 10.2. The molecule has 4 nitrogen and oxygen atoms in total. The second-order valence-electron chi connectivity index (χ2n) is 5.05. The SMILES string of the molecule is COc1cccc(Oc2ncc(Br)cc2CNC2CC2)c1. The molecule has 1 N–H and O–H groups in total. The molecule has 0 unspecified atom stereocenters. The van der Waals surface area contributed by atoms with Gasteiger partial charge in [-0.05, 0) is 47.0 Å². The molecule has 0 bridgehead atoms. The summed E-state index contributed by atoms with van der Waals surface area (Å²) in [6.45, 7) is 0.760. The minimum Gasteiger partial charge on any atom is -0.497 e. The van der Waals surface area contributed by atoms with E-state index in [1.165, 1.54) is 12.8 Å². The quantitative estimate of drug-likeness (QED) is 0.859. The number of hydrogen-bond acceptors (Lipinski definition) is 4. The van der Waals surface area contributed by atoms with Crippen LogP contribution in [-0.4, -0.2) is 18.1 Å². The molecule has 0 radical (unpaired) electrons. The molecular weight excluding hydrogens is 332 g/mol. The molecule has 1 aromatic heterocycles. The number of ether oxygens (including phenoxy) is 2. The molecule has 1 aromatic carbocycles. The van der Waals surface area contributed by atoms with Gasteiger partial charge in [-0.3, -0.25) is 0 Å². The Balaban J connectivity index is 1.79. The van der Waals surface area contributed by atoms with Gasteiger partial charge in [-0.1, -0.05) is 6.07 Å². The number of pyridine rings is 1. The highest BCUT2D eigenvalue weighted by Crippen LogP contribution is 2.28. The molecule has 1 heterocycles. The molecule has 0 spiro atoms. The van der Waals surface area contributed by atoms with Crippen molar-refractivity contribution in [2.75, 3.05) is 7.11 Å². The van der Waals surface area contributed by atoms with Crippen LogP contribution in [0, 0.1) is 0 Å². The van der Waals surface area contributed by atoms with Gasteiger partial charge in [0.25, 0.3) is 0 Å². The van der Waals surface area contributed by atoms with Gasteiger partial charge in [0.15, 0.2) is 0 Å². The third kappa shape index (κ3) is 3.95. The summed E-state index contributed by atoms with van der Waals surface area (Å²) in [5.41, 5.74) is 1.04. The molecule has 1 aliphatic rings. The Kier molecular flexibility index (Phi) is 4.41. The van der Waals surface area contributed by atoms with Crippen LogP contribution in [0.1, 0.15) is 18.4 Å². The lowest BCUT2D eigenvalue weighted by molar-refractivity contribution is 0.406. The van der Waals surface area contributed by atoms with Gasteiger partial charge >= 0.3 is 0 Å². The van der Waals surface area contributed by atoms with Gasteiger partial charge in [-0.25, -0.2) is 4.98 Å². The molecule has 0 amide bonds. The molecule has 110 valence electrons. The Hall–Kier alpha value is -1.59. The fraction of sp³-hybridized carbons (Fsp3) is 0.312. The first-order valence-electron chi connectivity index (χ1n) is 6.94. The molecular formula is C16H17BrN2O2. The first-order valence-corrected chi connectivity index (χ1v) is 7.73. The molecule has 0 atom stereocenters. The lowest BCUT2D eigenvalue weighted by Crippen LogP contribution is -2.16. The molecule has 1 fully saturated rings. The standard InChI is InChI=1S/C16H17BrN2O2/c1-20-14-3-2-4-15(8-14)21-16-11(7-12(17)10-19-16)9-18-13-5-6-13/h2-4,7-8,10,13,18H,5-6,9H2,1H3. The summed E-state index contributed by atoms with van der Waals surface area (Å²) >= 11 is 3.46. The van der Waals surface area contributed by atoms with Crippen LogP contribution in [0.3, 0.4) is 0 Å². The molecule has 21 heavy (non-hydrogen) atoms. The summed E-state index contributed by atoms with van der Waals surface area (Å²) < 4.78 is 12.1. The summed E-state index contributed by atoms with van der Waals surface area (Å²) in [5.74, 6) is 2.11. The first kappa shape index (κ1) is 14.4. The van der Waals surface area contributed by atoms with Gasteiger partial charge in [0.05, 0.1) is 7.11 Å². The van der Waals surface area contributed by atoms with Crippen LogP contribution >= 0.6 is 15.9 Å². The number of hydrogen-bond donors (Lipinski definition) is 1. The van der Waals surface area contributed by atoms with E-state index in [1.807, 2.05) is 30.3 Å². The largest absolute Gasteiger partial charge is 0.497 e. The average molecular weight is 349 g/mol. The average Bonchev–Trinajstić information content (AvgIpc) is 3.32. The minimum atomic E-state index is 0.625. The fourth-order valence-electron chi connectivity index (χ4n) is 2.01. The van der Waals surface area contributed by atoms with E-state index in [9.17, 15) is 0 Å². The second-order valence-corrected chi connectivity index (χ2v) is 5.97. The summed E-state index contributed by atoms with van der Waals surface area (Å²) in [6, 6.07) is 10.2. The van der Waals surface area contributed by atoms with E-state index < -0.39 is 0 Å². The normalized spacial score (nSPS) is 14.0. The predicted octanol–water partition coefficient (Wildman–Crippen LogP) is 3.90. The summed E-state index contributed by atoms with van der Waals surface area (Å²) in [4.78, 5) is 4.38. The highest BCUT2D eigenvalue weighted by molar-refractivity contribution is 9.10. The van der Waals surface area contributed by atoms with E-state index in [0.717, 1.165) is 28.1 Å². The molecule has 2 aromatic rings. The zero-order chi connectivity index (χ0) is 14.7. The smallest absolute Gasteiger partial charge is 0.223 e. The molecule has 3 rings (SSSR count). The maximum absolute atomic E-state index is 5.91. The van der Waals surface area contributed by atoms with Gasteiger partial charge in [-0.2, -0.15) is 0 Å². The van der Waals surface area contributed by atoms with Gasteiger partial charge in [0.1, 0.15) is 11.5 Å². The maximum Gasteiger partial charge on any atom is 0.223 e. The Labute approximate surface area is 132 Å². The number of rotatable bonds is 6. The van der Waals surface area contributed by atoms with Crippen molar-refractivity contribution in [3.05, 3.63) is 46.6 Å². The van der Waals surface area contributed by atoms with Gasteiger partial charge < -0.3 is 14.8 Å². The van der Waals surface area contributed by atoms with Crippen LogP contribution < -0.4 is 14.8 Å². The highest BCUT2D eigenvalue weighted by atomic mass is 79.9. The molecule has 1 saturated carbocycles. The van der Waals surface area contributed by atoms with Crippen molar-refractivity contribution in [1.29, 1.82) is 0 Å². The Morgan fingerprint density at radius 1 is 1.29 bits per heavy atom. The molecule has 1 aliphatic carbocycles. The summed E-state index contributed by atoms with van der Waals surface area (Å²) in [6.07, 6.45) is 4.26. The topological polar surface area (TPSA) is 43.4 Å². The third-order valence-corrected chi connectivity index (χ3v) is 3.74. The van der Waals surface area contributed by atoms with E-state index in [2.05, 4.69) is 26.2 Å². The van der Waals surface area contributed by atoms with Crippen LogP contribution in [0.5, 0.6) is 17.4 Å². The number of nitrogens with one attached hydrogen (secondary N) is 1. The van der Waals surface area contributed by atoms with E-state index in [4.69, 9.17) is 9.47 Å². The predicted molar refractivity (Wildman–Crippen MR) is 84.9 cm³/mol. The first-order chi connectivity index (χ1) is 10.2. The number of benzene rings is 1. The van der Waals surface area contributed by atoms with Crippen LogP contribution in [0.25, 0.3) is 0 Å². The fourth-order valence-corrected chi connectivity index (χ4v) is 2.38. The van der Waals surface area contributed by atoms with Crippen LogP contribution in [-0.2, 0) is 6.54 Å². The zero-order valence-electron chi connectivity index (χ0n) is 11.8. The third-order valence-electron chi connectivity index (χ3n) is 3.31. The van der Waals surface area contributed by atoms with Crippen molar-refractivity contribution in [3.8, 4) is 17.4 Å². The maximum atomic E-state index is 5.91. The van der Waals surface area contributed by atoms with E-state index >= 15 is 0 Å². The molecule has 5 heteroatoms. The van der Waals surface area contributed by atoms with Crippen LogP contribution in [0.15, 0.2) is 41.0 Å². The Morgan fingerprint density at radius 3 is 2.86 bits per heavy atom. The minimum absolute atomic E-state index is 0.625. The van der Waals surface area contributed by atoms with Crippen molar-refractivity contribution in [1.82, 2.24) is 10.3 Å². The van der Waals surface area contributed by atoms with Crippen LogP contribution in [0.2, 0.25) is 0 Å². The van der Waals surface area contributed by atoms with E-state index in [-0.39, 0.29) is 0 Å². The number of aromatic nitrogens is 1. The van der Waals surface area contributed by atoms with Crippen molar-refractivity contribution < 1.29 is 9.47 Å². The zero-order valence-corrected chi connectivity index (χ0v) is 13.4. The summed E-state index contributed by atoms with van der Waals surface area (Å²) in [7, 11) is 1.64. The monoisotopic (exact) mass is 348 g/mol. The van der Waals surface area contributed by atoms with E-state index in [1.54, 1.807) is 13.3 Å². The van der Waals surface area contributed by atoms with Crippen molar-refractivity contribution in [2.45, 2.75) is 25.4 Å². The number of methoxy groups -OCH3 is 1. The number of nitrogens with zero attached hydrogens (tertiary/aromatic N) is 1. The number of halogens is 1. The van der Waals surface area contributed by atoms with Crippen molar-refractivity contribution in [2.24, 2.45) is 0 Å². The lowest BCUT2D eigenvalue weighted by Gasteiger charge is -2.11. The second kappa shape index (κ2) is 6.45. The Bertz CT molecular complexity index is 629. The van der Waals surface area contributed by atoms with Gasteiger partial charge in [0, 0.05) is 34.9 Å². The molecule has 0 aliphatic heterocycles. The van der Waals surface area contributed by atoms with Gasteiger partial charge in [-0.15, -0.1) is 0 Å². The van der Waals surface area contributed by atoms with Crippen LogP contribution in [0.4, 0.5) is 0 Å². The highest BCUT2D eigenvalue weighted by Gasteiger charge is 2.21. The van der Waals surface area contributed by atoms with Crippen molar-refractivity contribution >= 4 is 15.9 Å². The molecule has 0 saturated heterocycles.